The third-order valence-electron chi connectivity index (χ3n) is 4.25. The molecule has 7 heteroatoms. The molecule has 0 radical (unpaired) electrons. The number of halogens is 3. The van der Waals surface area contributed by atoms with Gasteiger partial charge in [0.05, 0.1) is 12.2 Å². The summed E-state index contributed by atoms with van der Waals surface area (Å²) in [4.78, 5) is 16.1. The minimum Gasteiger partial charge on any atom is -0.335 e. The van der Waals surface area contributed by atoms with Gasteiger partial charge in [-0.1, -0.05) is 18.9 Å². The van der Waals surface area contributed by atoms with Gasteiger partial charge in [0.1, 0.15) is 0 Å². The molecule has 1 aliphatic rings. The van der Waals surface area contributed by atoms with E-state index in [1.165, 1.54) is 0 Å². The van der Waals surface area contributed by atoms with Gasteiger partial charge in [-0.15, -0.1) is 0 Å². The van der Waals surface area contributed by atoms with Crippen LogP contribution in [0.3, 0.4) is 0 Å². The Hall–Kier alpha value is -1.79. The number of carbonyl (C=O) groups excluding carboxylic acids is 1. The largest absolute Gasteiger partial charge is 0.389 e. The summed E-state index contributed by atoms with van der Waals surface area (Å²) in [7, 11) is 0. The van der Waals surface area contributed by atoms with Crippen LogP contribution in [0.5, 0.6) is 0 Å². The van der Waals surface area contributed by atoms with Crippen LogP contribution in [0.1, 0.15) is 43.4 Å². The van der Waals surface area contributed by atoms with E-state index in [0.29, 0.717) is 12.8 Å². The second-order valence-corrected chi connectivity index (χ2v) is 6.06. The number of urea groups is 1. The number of pyridine rings is 1. The van der Waals surface area contributed by atoms with E-state index >= 15 is 0 Å². The molecule has 1 aromatic rings. The SMILES string of the molecule is Cc1cccnc1CNC(=O)N[C@H]1CCCC[C@H]1CC(F)(F)F. The fraction of sp³-hybridized carbons (Fsp3) is 0.625. The standard InChI is InChI=1S/C16H22F3N3O/c1-11-5-4-8-20-14(11)10-21-15(23)22-13-7-3-2-6-12(13)9-16(17,18)19/h4-5,8,12-13H,2-3,6-7,9-10H2,1H3,(H2,21,22,23)/t12-,13-/m0/s1. The van der Waals surface area contributed by atoms with Crippen LogP contribution in [0, 0.1) is 12.8 Å². The van der Waals surface area contributed by atoms with Crippen molar-refractivity contribution in [3.8, 4) is 0 Å². The predicted molar refractivity (Wildman–Crippen MR) is 80.8 cm³/mol. The molecule has 23 heavy (non-hydrogen) atoms. The first-order chi connectivity index (χ1) is 10.8. The molecule has 1 aliphatic carbocycles. The number of aryl methyl sites for hydroxylation is 1. The summed E-state index contributed by atoms with van der Waals surface area (Å²) < 4.78 is 37.9. The Morgan fingerprint density at radius 1 is 1.35 bits per heavy atom. The topological polar surface area (TPSA) is 54.0 Å². The van der Waals surface area contributed by atoms with Gasteiger partial charge >= 0.3 is 12.2 Å². The molecule has 1 heterocycles. The maximum Gasteiger partial charge on any atom is 0.389 e. The van der Waals surface area contributed by atoms with Crippen molar-refractivity contribution in [2.24, 2.45) is 5.92 Å². The third-order valence-corrected chi connectivity index (χ3v) is 4.25. The number of amides is 2. The molecule has 1 fully saturated rings. The minimum absolute atomic E-state index is 0.259. The first-order valence-electron chi connectivity index (χ1n) is 7.87. The third kappa shape index (κ3) is 5.73. The van der Waals surface area contributed by atoms with Gasteiger partial charge in [0.25, 0.3) is 0 Å². The lowest BCUT2D eigenvalue weighted by Gasteiger charge is -2.32. The molecular formula is C16H22F3N3O. The highest BCUT2D eigenvalue weighted by atomic mass is 19.4. The quantitative estimate of drug-likeness (QED) is 0.885. The maximum absolute atomic E-state index is 12.6. The Kier molecular flexibility index (Phi) is 5.85. The molecule has 0 bridgehead atoms. The number of nitrogens with zero attached hydrogens (tertiary/aromatic N) is 1. The van der Waals surface area contributed by atoms with E-state index in [0.717, 1.165) is 24.1 Å². The van der Waals surface area contributed by atoms with Crippen LogP contribution in [0.25, 0.3) is 0 Å². The van der Waals surface area contributed by atoms with Crippen molar-refractivity contribution < 1.29 is 18.0 Å². The Balaban J connectivity index is 1.86. The monoisotopic (exact) mass is 329 g/mol. The molecule has 128 valence electrons. The lowest BCUT2D eigenvalue weighted by molar-refractivity contribution is -0.148. The summed E-state index contributed by atoms with van der Waals surface area (Å²) >= 11 is 0. The molecule has 0 spiro atoms. The van der Waals surface area contributed by atoms with Gasteiger partial charge in [-0.3, -0.25) is 4.98 Å². The van der Waals surface area contributed by atoms with E-state index in [9.17, 15) is 18.0 Å². The number of hydrogen-bond acceptors (Lipinski definition) is 2. The first kappa shape index (κ1) is 17.6. The summed E-state index contributed by atoms with van der Waals surface area (Å²) in [5.74, 6) is -0.536. The zero-order valence-electron chi connectivity index (χ0n) is 13.1. The average molecular weight is 329 g/mol. The zero-order valence-corrected chi connectivity index (χ0v) is 13.1. The van der Waals surface area contributed by atoms with Crippen molar-refractivity contribution in [3.05, 3.63) is 29.6 Å². The van der Waals surface area contributed by atoms with Crippen molar-refractivity contribution in [2.45, 2.75) is 57.8 Å². The molecular weight excluding hydrogens is 307 g/mol. The van der Waals surface area contributed by atoms with E-state index < -0.39 is 30.6 Å². The Labute approximate surface area is 133 Å². The lowest BCUT2D eigenvalue weighted by atomic mass is 9.82. The van der Waals surface area contributed by atoms with Crippen LogP contribution >= 0.6 is 0 Å². The Bertz CT molecular complexity index is 534. The summed E-state index contributed by atoms with van der Waals surface area (Å²) in [5.41, 5.74) is 1.71. The number of nitrogens with one attached hydrogen (secondary N) is 2. The number of carbonyl (C=O) groups is 1. The molecule has 1 aromatic heterocycles. The highest BCUT2D eigenvalue weighted by Crippen LogP contribution is 2.34. The second-order valence-electron chi connectivity index (χ2n) is 6.06. The zero-order chi connectivity index (χ0) is 16.9. The number of alkyl halides is 3. The second kappa shape index (κ2) is 7.66. The molecule has 4 nitrogen and oxygen atoms in total. The fourth-order valence-electron chi connectivity index (χ4n) is 3.03. The van der Waals surface area contributed by atoms with E-state index in [1.54, 1.807) is 6.20 Å². The summed E-state index contributed by atoms with van der Waals surface area (Å²) in [6.07, 6.45) is -0.657. The summed E-state index contributed by atoms with van der Waals surface area (Å²) in [6.45, 7) is 2.15. The summed E-state index contributed by atoms with van der Waals surface area (Å²) in [5, 5.41) is 5.38. The van der Waals surface area contributed by atoms with Gasteiger partial charge < -0.3 is 10.6 Å². The van der Waals surface area contributed by atoms with Gasteiger partial charge in [0.15, 0.2) is 0 Å². The van der Waals surface area contributed by atoms with Crippen LogP contribution in [0.2, 0.25) is 0 Å². The van der Waals surface area contributed by atoms with Gasteiger partial charge in [0, 0.05) is 18.7 Å². The number of rotatable bonds is 4. The average Bonchev–Trinajstić information content (AvgIpc) is 2.47. The maximum atomic E-state index is 12.6. The van der Waals surface area contributed by atoms with Gasteiger partial charge in [-0.2, -0.15) is 13.2 Å². The molecule has 2 amide bonds. The first-order valence-corrected chi connectivity index (χ1v) is 7.87. The highest BCUT2D eigenvalue weighted by Gasteiger charge is 2.37. The predicted octanol–water partition coefficient (Wildman–Crippen LogP) is 3.70. The van der Waals surface area contributed by atoms with Gasteiger partial charge in [-0.25, -0.2) is 4.79 Å². The van der Waals surface area contributed by atoms with E-state index in [4.69, 9.17) is 0 Å². The molecule has 0 unspecified atom stereocenters. The number of hydrogen-bond donors (Lipinski definition) is 2. The van der Waals surface area contributed by atoms with Crippen molar-refractivity contribution in [2.75, 3.05) is 0 Å². The fourth-order valence-corrected chi connectivity index (χ4v) is 3.03. The molecule has 2 N–H and O–H groups in total. The Morgan fingerprint density at radius 2 is 2.09 bits per heavy atom. The van der Waals surface area contributed by atoms with Crippen LogP contribution in [-0.4, -0.2) is 23.2 Å². The highest BCUT2D eigenvalue weighted by molar-refractivity contribution is 5.74. The normalized spacial score (nSPS) is 21.7. The van der Waals surface area contributed by atoms with Crippen molar-refractivity contribution in [1.82, 2.24) is 15.6 Å². The van der Waals surface area contributed by atoms with Gasteiger partial charge in [-0.05, 0) is 37.3 Å². The molecule has 0 saturated heterocycles. The van der Waals surface area contributed by atoms with E-state index in [1.807, 2.05) is 19.1 Å². The molecule has 0 aromatic carbocycles. The number of aromatic nitrogens is 1. The molecule has 0 aliphatic heterocycles. The van der Waals surface area contributed by atoms with E-state index in [-0.39, 0.29) is 6.54 Å². The van der Waals surface area contributed by atoms with Crippen LogP contribution in [0.4, 0.5) is 18.0 Å². The Morgan fingerprint density at radius 3 is 2.78 bits per heavy atom. The van der Waals surface area contributed by atoms with Crippen LogP contribution < -0.4 is 10.6 Å². The van der Waals surface area contributed by atoms with Crippen LogP contribution in [0.15, 0.2) is 18.3 Å². The molecule has 2 atom stereocenters. The molecule has 1 saturated carbocycles. The lowest BCUT2D eigenvalue weighted by Crippen LogP contribution is -2.47. The minimum atomic E-state index is -4.19. The summed E-state index contributed by atoms with van der Waals surface area (Å²) in [6, 6.07) is 2.84. The van der Waals surface area contributed by atoms with Gasteiger partial charge in [0.2, 0.25) is 0 Å². The van der Waals surface area contributed by atoms with E-state index in [2.05, 4.69) is 15.6 Å². The smallest absolute Gasteiger partial charge is 0.335 e. The molecule has 2 rings (SSSR count). The van der Waals surface area contributed by atoms with Crippen molar-refractivity contribution in [3.63, 3.8) is 0 Å². The van der Waals surface area contributed by atoms with Crippen molar-refractivity contribution >= 4 is 6.03 Å². The van der Waals surface area contributed by atoms with Crippen molar-refractivity contribution in [1.29, 1.82) is 0 Å². The van der Waals surface area contributed by atoms with Crippen LogP contribution in [-0.2, 0) is 6.54 Å².